The zero-order valence-electron chi connectivity index (χ0n) is 18.2. The third-order valence-electron chi connectivity index (χ3n) is 5.40. The number of halogens is 5. The molecule has 0 aliphatic rings. The Morgan fingerprint density at radius 2 is 1.91 bits per heavy atom. The number of alkyl halides is 4. The van der Waals surface area contributed by atoms with Crippen molar-refractivity contribution < 1.29 is 22.0 Å². The van der Waals surface area contributed by atoms with Crippen LogP contribution >= 0.6 is 0 Å². The van der Waals surface area contributed by atoms with Gasteiger partial charge in [0.2, 0.25) is 0 Å². The number of pyridine rings is 1. The summed E-state index contributed by atoms with van der Waals surface area (Å²) in [4.78, 5) is 24.4. The number of hydrogen-bond acceptors (Lipinski definition) is 5. The molecule has 3 heterocycles. The zero-order valence-corrected chi connectivity index (χ0v) is 18.2. The third kappa shape index (κ3) is 5.08. The molecular formula is C22H19F5N6O2. The van der Waals surface area contributed by atoms with Crippen LogP contribution in [0.3, 0.4) is 0 Å². The molecule has 3 aromatic heterocycles. The number of benzene rings is 1. The number of H-pyrrole nitrogens is 2. The minimum atomic E-state index is -4.93. The minimum Gasteiger partial charge on any atom is -0.381 e. The lowest BCUT2D eigenvalue weighted by Gasteiger charge is -2.20. The fourth-order valence-corrected chi connectivity index (χ4v) is 3.85. The van der Waals surface area contributed by atoms with Crippen molar-refractivity contribution in [2.24, 2.45) is 0 Å². The van der Waals surface area contributed by atoms with Gasteiger partial charge in [0.15, 0.2) is 0 Å². The summed E-state index contributed by atoms with van der Waals surface area (Å²) in [5.41, 5.74) is -3.41. The molecule has 0 saturated heterocycles. The van der Waals surface area contributed by atoms with Crippen LogP contribution in [-0.4, -0.2) is 37.2 Å². The molecule has 0 radical (unpaired) electrons. The van der Waals surface area contributed by atoms with Gasteiger partial charge >= 0.3 is 6.18 Å². The van der Waals surface area contributed by atoms with Gasteiger partial charge in [0, 0.05) is 30.4 Å². The van der Waals surface area contributed by atoms with Crippen LogP contribution in [-0.2, 0) is 12.7 Å². The van der Waals surface area contributed by atoms with E-state index < -0.39 is 53.1 Å². The average Bonchev–Trinajstić information content (AvgIpc) is 3.29. The van der Waals surface area contributed by atoms with E-state index in [2.05, 4.69) is 20.6 Å². The number of nitrogens with zero attached hydrogens (tertiary/aromatic N) is 3. The van der Waals surface area contributed by atoms with Crippen LogP contribution < -0.4 is 16.4 Å². The predicted molar refractivity (Wildman–Crippen MR) is 118 cm³/mol. The number of nitrogens with one attached hydrogen (secondary N) is 3. The predicted octanol–water partition coefficient (Wildman–Crippen LogP) is 3.86. The maximum atomic E-state index is 14.8. The third-order valence-corrected chi connectivity index (χ3v) is 5.40. The average molecular weight is 494 g/mol. The number of hydrogen-bond donors (Lipinski definition) is 3. The fourth-order valence-electron chi connectivity index (χ4n) is 3.85. The normalized spacial score (nSPS) is 13.7. The van der Waals surface area contributed by atoms with Crippen molar-refractivity contribution in [1.82, 2.24) is 25.0 Å². The smallest absolute Gasteiger partial charge is 0.381 e. The van der Waals surface area contributed by atoms with E-state index in [1.807, 2.05) is 0 Å². The molecular weight excluding hydrogens is 475 g/mol. The molecule has 35 heavy (non-hydrogen) atoms. The Balaban J connectivity index is 1.50. The van der Waals surface area contributed by atoms with Crippen LogP contribution in [0.15, 0.2) is 52.4 Å². The van der Waals surface area contributed by atoms with Gasteiger partial charge in [-0.15, -0.1) is 0 Å². The molecule has 0 saturated carbocycles. The van der Waals surface area contributed by atoms with Crippen molar-refractivity contribution in [2.45, 2.75) is 38.3 Å². The monoisotopic (exact) mass is 494 g/mol. The van der Waals surface area contributed by atoms with Crippen LogP contribution in [0.25, 0.3) is 22.0 Å². The standard InChI is InChI=1S/C22H19F5N6O2/c1-11(30-18-9-29-32-20(34)19(18)22(25,26)27)6-13(23)10-33-5-3-12-7-15(17-2-4-28-31-17)16(24)8-14(12)21(33)35/h2-5,7-9,11,13H,6,10H2,1H3,(H,28,31)(H2,30,32,34)/t11-,13-/m0/s1. The van der Waals surface area contributed by atoms with E-state index in [-0.39, 0.29) is 17.4 Å². The molecule has 1 aromatic carbocycles. The first-order valence-corrected chi connectivity index (χ1v) is 10.4. The SMILES string of the molecule is C[C@@H](C[C@H](F)Cn1ccc2cc(-c3ccn[nH]3)c(F)cc2c1=O)Nc1cn[nH]c(=O)c1C(F)(F)F. The molecule has 0 aliphatic carbocycles. The van der Waals surface area contributed by atoms with Gasteiger partial charge in [0.25, 0.3) is 11.1 Å². The number of aromatic nitrogens is 5. The van der Waals surface area contributed by atoms with E-state index >= 15 is 0 Å². The van der Waals surface area contributed by atoms with Gasteiger partial charge in [-0.2, -0.15) is 23.4 Å². The van der Waals surface area contributed by atoms with Gasteiger partial charge in [0.05, 0.1) is 29.5 Å². The first-order chi connectivity index (χ1) is 16.5. The summed E-state index contributed by atoms with van der Waals surface area (Å²) in [5, 5.41) is 14.5. The van der Waals surface area contributed by atoms with E-state index in [0.29, 0.717) is 11.1 Å². The molecule has 0 spiro atoms. The van der Waals surface area contributed by atoms with Gasteiger partial charge in [0.1, 0.15) is 17.6 Å². The zero-order chi connectivity index (χ0) is 25.3. The number of aromatic amines is 2. The topological polar surface area (TPSA) is 108 Å². The van der Waals surface area contributed by atoms with Gasteiger partial charge in [-0.05, 0) is 36.6 Å². The Kier molecular flexibility index (Phi) is 6.41. The minimum absolute atomic E-state index is 0.0519. The highest BCUT2D eigenvalue weighted by Gasteiger charge is 2.37. The van der Waals surface area contributed by atoms with Gasteiger partial charge in [-0.25, -0.2) is 13.9 Å². The van der Waals surface area contributed by atoms with Crippen LogP contribution in [0.2, 0.25) is 0 Å². The maximum absolute atomic E-state index is 14.8. The lowest BCUT2D eigenvalue weighted by Crippen LogP contribution is -2.30. The highest BCUT2D eigenvalue weighted by Crippen LogP contribution is 2.32. The molecule has 3 N–H and O–H groups in total. The summed E-state index contributed by atoms with van der Waals surface area (Å²) < 4.78 is 70.0. The lowest BCUT2D eigenvalue weighted by molar-refractivity contribution is -0.138. The highest BCUT2D eigenvalue weighted by atomic mass is 19.4. The number of anilines is 1. The van der Waals surface area contributed by atoms with E-state index in [1.54, 1.807) is 17.2 Å². The molecule has 0 amide bonds. The molecule has 0 unspecified atom stereocenters. The van der Waals surface area contributed by atoms with Crippen LogP contribution in [0.4, 0.5) is 27.6 Å². The van der Waals surface area contributed by atoms with Crippen molar-refractivity contribution in [2.75, 3.05) is 5.32 Å². The van der Waals surface area contributed by atoms with Crippen LogP contribution in [0.1, 0.15) is 18.9 Å². The maximum Gasteiger partial charge on any atom is 0.423 e. The number of fused-ring (bicyclic) bond motifs is 1. The Morgan fingerprint density at radius 3 is 2.60 bits per heavy atom. The summed E-state index contributed by atoms with van der Waals surface area (Å²) >= 11 is 0. The van der Waals surface area contributed by atoms with Crippen molar-refractivity contribution in [1.29, 1.82) is 0 Å². The van der Waals surface area contributed by atoms with E-state index in [0.717, 1.165) is 16.8 Å². The number of rotatable bonds is 7. The molecule has 8 nitrogen and oxygen atoms in total. The van der Waals surface area contributed by atoms with Gasteiger partial charge in [-0.3, -0.25) is 14.7 Å². The summed E-state index contributed by atoms with van der Waals surface area (Å²) in [6.07, 6.45) is -3.21. The molecule has 0 aliphatic heterocycles. The Bertz CT molecular complexity index is 1460. The van der Waals surface area contributed by atoms with Crippen molar-refractivity contribution >= 4 is 16.5 Å². The second kappa shape index (κ2) is 9.31. The van der Waals surface area contributed by atoms with Crippen molar-refractivity contribution in [3.63, 3.8) is 0 Å². The van der Waals surface area contributed by atoms with Crippen molar-refractivity contribution in [3.8, 4) is 11.3 Å². The lowest BCUT2D eigenvalue weighted by atomic mass is 10.1. The van der Waals surface area contributed by atoms with Crippen LogP contribution in [0.5, 0.6) is 0 Å². The second-order valence-corrected chi connectivity index (χ2v) is 8.03. The summed E-state index contributed by atoms with van der Waals surface area (Å²) in [7, 11) is 0. The summed E-state index contributed by atoms with van der Waals surface area (Å²) in [6, 6.07) is 4.84. The summed E-state index contributed by atoms with van der Waals surface area (Å²) in [6.45, 7) is 1.04. The highest BCUT2D eigenvalue weighted by molar-refractivity contribution is 5.86. The summed E-state index contributed by atoms with van der Waals surface area (Å²) in [5.74, 6) is -0.654. The van der Waals surface area contributed by atoms with Crippen LogP contribution in [0, 0.1) is 5.82 Å². The molecule has 13 heteroatoms. The largest absolute Gasteiger partial charge is 0.423 e. The van der Waals surface area contributed by atoms with E-state index in [4.69, 9.17) is 0 Å². The first-order valence-electron chi connectivity index (χ1n) is 10.4. The Labute approximate surface area is 193 Å². The first kappa shape index (κ1) is 24.1. The molecule has 0 bridgehead atoms. The molecule has 184 valence electrons. The molecule has 4 aromatic rings. The Morgan fingerprint density at radius 1 is 1.14 bits per heavy atom. The second-order valence-electron chi connectivity index (χ2n) is 8.03. The van der Waals surface area contributed by atoms with Gasteiger partial charge in [-0.1, -0.05) is 0 Å². The Hall–Kier alpha value is -4.03. The molecule has 2 atom stereocenters. The fraction of sp³-hybridized carbons (Fsp3) is 0.273. The van der Waals surface area contributed by atoms with E-state index in [1.165, 1.54) is 25.4 Å². The van der Waals surface area contributed by atoms with E-state index in [9.17, 15) is 31.5 Å². The quantitative estimate of drug-likeness (QED) is 0.338. The molecule has 4 rings (SSSR count). The van der Waals surface area contributed by atoms with Gasteiger partial charge < -0.3 is 9.88 Å². The molecule has 0 fully saturated rings. The van der Waals surface area contributed by atoms with Crippen molar-refractivity contribution in [3.05, 3.63) is 74.9 Å².